The lowest BCUT2D eigenvalue weighted by Crippen LogP contribution is -2.34. The molecule has 1 rings (SSSR count). The molecule has 0 aromatic heterocycles. The first-order chi connectivity index (χ1) is 9.13. The van der Waals surface area contributed by atoms with Gasteiger partial charge in [-0.2, -0.15) is 0 Å². The Balaban J connectivity index is 3.07. The van der Waals surface area contributed by atoms with Crippen LogP contribution in [0.4, 0.5) is 5.69 Å². The van der Waals surface area contributed by atoms with Crippen LogP contribution in [0, 0.1) is 0 Å². The summed E-state index contributed by atoms with van der Waals surface area (Å²) in [6.07, 6.45) is 4.58. The van der Waals surface area contributed by atoms with E-state index in [1.807, 2.05) is 0 Å². The van der Waals surface area contributed by atoms with E-state index in [2.05, 4.69) is 59.8 Å². The third kappa shape index (κ3) is 4.81. The van der Waals surface area contributed by atoms with Crippen molar-refractivity contribution in [1.29, 1.82) is 0 Å². The predicted octanol–water partition coefficient (Wildman–Crippen LogP) is 4.36. The summed E-state index contributed by atoms with van der Waals surface area (Å²) in [6.45, 7) is 8.64. The van der Waals surface area contributed by atoms with Crippen molar-refractivity contribution in [2.45, 2.75) is 52.5 Å². The van der Waals surface area contributed by atoms with Crippen LogP contribution < -0.4 is 10.6 Å². The van der Waals surface area contributed by atoms with E-state index >= 15 is 0 Å². The van der Waals surface area contributed by atoms with Crippen molar-refractivity contribution in [2.24, 2.45) is 5.73 Å². The Bertz CT molecular complexity index is 379. The minimum atomic E-state index is 0.567. The van der Waals surface area contributed by atoms with Gasteiger partial charge in [0.05, 0.1) is 0 Å². The average molecular weight is 327 g/mol. The third-order valence-corrected chi connectivity index (χ3v) is 4.14. The second-order valence-corrected chi connectivity index (χ2v) is 6.03. The zero-order valence-corrected chi connectivity index (χ0v) is 14.0. The predicted molar refractivity (Wildman–Crippen MR) is 88.9 cm³/mol. The standard InChI is InChI=1S/C16H27BrN2/c1-4-6-11-19(13(3)5-2)16-12-15(17)8-7-14(16)9-10-18/h7-8,12-13H,4-6,9-11,18H2,1-3H3. The lowest BCUT2D eigenvalue weighted by molar-refractivity contribution is 0.593. The first kappa shape index (κ1) is 16.5. The van der Waals surface area contributed by atoms with Gasteiger partial charge in [0.1, 0.15) is 0 Å². The minimum absolute atomic E-state index is 0.567. The molecule has 0 amide bonds. The maximum atomic E-state index is 5.75. The van der Waals surface area contributed by atoms with Gasteiger partial charge in [0, 0.05) is 22.7 Å². The molecule has 0 bridgehead atoms. The number of anilines is 1. The number of hydrogen-bond acceptors (Lipinski definition) is 2. The van der Waals surface area contributed by atoms with Gasteiger partial charge < -0.3 is 10.6 Å². The molecule has 0 fully saturated rings. The zero-order valence-electron chi connectivity index (χ0n) is 12.5. The molecule has 0 spiro atoms. The fraction of sp³-hybridized carbons (Fsp3) is 0.625. The molecular weight excluding hydrogens is 300 g/mol. The van der Waals surface area contributed by atoms with Crippen LogP contribution in [0.15, 0.2) is 22.7 Å². The lowest BCUT2D eigenvalue weighted by atomic mass is 10.1. The minimum Gasteiger partial charge on any atom is -0.369 e. The lowest BCUT2D eigenvalue weighted by Gasteiger charge is -2.33. The van der Waals surface area contributed by atoms with Crippen molar-refractivity contribution < 1.29 is 0 Å². The van der Waals surface area contributed by atoms with Gasteiger partial charge in [-0.05, 0) is 50.4 Å². The van der Waals surface area contributed by atoms with E-state index in [1.54, 1.807) is 0 Å². The van der Waals surface area contributed by atoms with Gasteiger partial charge in [-0.1, -0.05) is 42.3 Å². The van der Waals surface area contributed by atoms with Crippen molar-refractivity contribution in [2.75, 3.05) is 18.0 Å². The fourth-order valence-corrected chi connectivity index (χ4v) is 2.65. The average Bonchev–Trinajstić information content (AvgIpc) is 2.41. The highest BCUT2D eigenvalue weighted by atomic mass is 79.9. The normalized spacial score (nSPS) is 12.5. The van der Waals surface area contributed by atoms with Crippen LogP contribution in [0.5, 0.6) is 0 Å². The van der Waals surface area contributed by atoms with Crippen molar-refractivity contribution in [3.8, 4) is 0 Å². The second-order valence-electron chi connectivity index (χ2n) is 5.12. The molecule has 2 nitrogen and oxygen atoms in total. The quantitative estimate of drug-likeness (QED) is 0.769. The van der Waals surface area contributed by atoms with E-state index in [1.165, 1.54) is 24.1 Å². The Kier molecular flexibility index (Phi) is 7.47. The van der Waals surface area contributed by atoms with Crippen LogP contribution in [-0.2, 0) is 6.42 Å². The fourth-order valence-electron chi connectivity index (χ4n) is 2.30. The first-order valence-electron chi connectivity index (χ1n) is 7.39. The summed E-state index contributed by atoms with van der Waals surface area (Å²) in [6, 6.07) is 7.13. The summed E-state index contributed by atoms with van der Waals surface area (Å²) < 4.78 is 1.15. The summed E-state index contributed by atoms with van der Waals surface area (Å²) in [5.41, 5.74) is 8.46. The largest absolute Gasteiger partial charge is 0.369 e. The summed E-state index contributed by atoms with van der Waals surface area (Å²) in [5, 5.41) is 0. The number of halogens is 1. The third-order valence-electron chi connectivity index (χ3n) is 3.65. The molecule has 1 aromatic carbocycles. The van der Waals surface area contributed by atoms with Gasteiger partial charge in [0.2, 0.25) is 0 Å². The van der Waals surface area contributed by atoms with Crippen molar-refractivity contribution >= 4 is 21.6 Å². The molecule has 0 aliphatic carbocycles. The maximum absolute atomic E-state index is 5.75. The molecule has 108 valence electrons. The number of nitrogens with two attached hydrogens (primary N) is 1. The molecule has 1 atom stereocenters. The molecule has 19 heavy (non-hydrogen) atoms. The van der Waals surface area contributed by atoms with Crippen molar-refractivity contribution in [3.63, 3.8) is 0 Å². The van der Waals surface area contributed by atoms with Gasteiger partial charge >= 0.3 is 0 Å². The van der Waals surface area contributed by atoms with E-state index in [9.17, 15) is 0 Å². The molecular formula is C16H27BrN2. The molecule has 0 saturated heterocycles. The molecule has 0 radical (unpaired) electrons. The first-order valence-corrected chi connectivity index (χ1v) is 8.18. The molecule has 0 heterocycles. The highest BCUT2D eigenvalue weighted by Crippen LogP contribution is 2.28. The highest BCUT2D eigenvalue weighted by molar-refractivity contribution is 9.10. The van der Waals surface area contributed by atoms with Gasteiger partial charge in [0.15, 0.2) is 0 Å². The Morgan fingerprint density at radius 2 is 2.05 bits per heavy atom. The van der Waals surface area contributed by atoms with Crippen LogP contribution >= 0.6 is 15.9 Å². The Morgan fingerprint density at radius 3 is 2.63 bits per heavy atom. The van der Waals surface area contributed by atoms with Gasteiger partial charge in [-0.3, -0.25) is 0 Å². The van der Waals surface area contributed by atoms with Crippen LogP contribution in [0.3, 0.4) is 0 Å². The van der Waals surface area contributed by atoms with Gasteiger partial charge in [-0.15, -0.1) is 0 Å². The number of nitrogens with zero attached hydrogens (tertiary/aromatic N) is 1. The highest BCUT2D eigenvalue weighted by Gasteiger charge is 2.16. The summed E-state index contributed by atoms with van der Waals surface area (Å²) in [5.74, 6) is 0. The molecule has 0 aliphatic heterocycles. The van der Waals surface area contributed by atoms with Gasteiger partial charge in [0.25, 0.3) is 0 Å². The molecule has 0 saturated carbocycles. The van der Waals surface area contributed by atoms with E-state index in [-0.39, 0.29) is 0 Å². The van der Waals surface area contributed by atoms with E-state index in [4.69, 9.17) is 5.73 Å². The van der Waals surface area contributed by atoms with E-state index < -0.39 is 0 Å². The van der Waals surface area contributed by atoms with E-state index in [0.717, 1.165) is 23.9 Å². The smallest absolute Gasteiger partial charge is 0.0412 e. The van der Waals surface area contributed by atoms with Crippen LogP contribution in [0.1, 0.15) is 45.6 Å². The second kappa shape index (κ2) is 8.60. The number of hydrogen-bond donors (Lipinski definition) is 1. The monoisotopic (exact) mass is 326 g/mol. The van der Waals surface area contributed by atoms with E-state index in [0.29, 0.717) is 12.6 Å². The Hall–Kier alpha value is -0.540. The topological polar surface area (TPSA) is 29.3 Å². The summed E-state index contributed by atoms with van der Waals surface area (Å²) in [4.78, 5) is 2.54. The SMILES string of the molecule is CCCCN(c1cc(Br)ccc1CCN)C(C)CC. The van der Waals surface area contributed by atoms with Crippen LogP contribution in [0.2, 0.25) is 0 Å². The molecule has 2 N–H and O–H groups in total. The van der Waals surface area contributed by atoms with Crippen molar-refractivity contribution in [3.05, 3.63) is 28.2 Å². The maximum Gasteiger partial charge on any atom is 0.0412 e. The molecule has 1 unspecified atom stereocenters. The number of unbranched alkanes of at least 4 members (excludes halogenated alkanes) is 1. The molecule has 0 aliphatic rings. The molecule has 3 heteroatoms. The summed E-state index contributed by atoms with van der Waals surface area (Å²) >= 11 is 3.60. The number of benzene rings is 1. The molecule has 1 aromatic rings. The Morgan fingerprint density at radius 1 is 1.32 bits per heavy atom. The van der Waals surface area contributed by atoms with Crippen LogP contribution in [0.25, 0.3) is 0 Å². The Labute approximate surface area is 126 Å². The van der Waals surface area contributed by atoms with Crippen molar-refractivity contribution in [1.82, 2.24) is 0 Å². The zero-order chi connectivity index (χ0) is 14.3. The van der Waals surface area contributed by atoms with Gasteiger partial charge in [-0.25, -0.2) is 0 Å². The number of rotatable bonds is 8. The summed E-state index contributed by atoms with van der Waals surface area (Å²) in [7, 11) is 0. The van der Waals surface area contributed by atoms with Crippen LogP contribution in [-0.4, -0.2) is 19.1 Å².